The largest absolute Gasteiger partial charge is 0.486 e. The molecule has 2 aliphatic heterocycles. The van der Waals surface area contributed by atoms with E-state index in [0.717, 1.165) is 37.2 Å². The summed E-state index contributed by atoms with van der Waals surface area (Å²) in [7, 11) is 0. The van der Waals surface area contributed by atoms with Gasteiger partial charge in [-0.1, -0.05) is 13.0 Å². The van der Waals surface area contributed by atoms with Crippen LogP contribution in [0.4, 0.5) is 0 Å². The van der Waals surface area contributed by atoms with Crippen molar-refractivity contribution in [1.29, 1.82) is 5.26 Å². The van der Waals surface area contributed by atoms with Crippen molar-refractivity contribution < 1.29 is 14.3 Å². The molecular weight excluding hydrogens is 292 g/mol. The molecule has 1 aromatic rings. The maximum Gasteiger partial charge on any atom is 0.240 e. The number of nitrogens with zero attached hydrogens (tertiary/aromatic N) is 2. The zero-order valence-corrected chi connectivity index (χ0v) is 13.5. The minimum absolute atomic E-state index is 0.0470. The summed E-state index contributed by atoms with van der Waals surface area (Å²) in [5, 5.41) is 9.43. The molecule has 0 spiro atoms. The molecule has 23 heavy (non-hydrogen) atoms. The summed E-state index contributed by atoms with van der Waals surface area (Å²) >= 11 is 0. The van der Waals surface area contributed by atoms with Crippen molar-refractivity contribution in [2.75, 3.05) is 26.3 Å². The number of benzene rings is 1. The fourth-order valence-corrected chi connectivity index (χ4v) is 3.09. The van der Waals surface area contributed by atoms with Crippen LogP contribution in [0, 0.1) is 23.2 Å². The second-order valence-electron chi connectivity index (χ2n) is 6.37. The van der Waals surface area contributed by atoms with E-state index in [1.807, 2.05) is 23.1 Å². The highest BCUT2D eigenvalue weighted by Crippen LogP contribution is 2.31. The Hall–Kier alpha value is -2.22. The molecule has 5 nitrogen and oxygen atoms in total. The van der Waals surface area contributed by atoms with E-state index in [-0.39, 0.29) is 5.91 Å². The highest BCUT2D eigenvalue weighted by molar-refractivity contribution is 5.81. The van der Waals surface area contributed by atoms with Gasteiger partial charge in [-0.05, 0) is 42.9 Å². The number of ether oxygens (including phenoxy) is 2. The number of fused-ring (bicyclic) bond motifs is 1. The first-order valence-corrected chi connectivity index (χ1v) is 8.24. The van der Waals surface area contributed by atoms with Crippen molar-refractivity contribution in [1.82, 2.24) is 4.90 Å². The van der Waals surface area contributed by atoms with Crippen LogP contribution in [0.15, 0.2) is 18.2 Å². The van der Waals surface area contributed by atoms with Crippen molar-refractivity contribution in [2.45, 2.75) is 26.2 Å². The van der Waals surface area contributed by atoms with Crippen LogP contribution in [-0.2, 0) is 11.2 Å². The first-order chi connectivity index (χ1) is 11.2. The molecule has 1 amide bonds. The Kier molecular flexibility index (Phi) is 4.71. The summed E-state index contributed by atoms with van der Waals surface area (Å²) < 4.78 is 11.1. The van der Waals surface area contributed by atoms with Gasteiger partial charge in [0.05, 0.1) is 6.07 Å². The van der Waals surface area contributed by atoms with Gasteiger partial charge in [-0.2, -0.15) is 5.26 Å². The molecule has 1 fully saturated rings. The average Bonchev–Trinajstić information content (AvgIpc) is 2.59. The van der Waals surface area contributed by atoms with Crippen LogP contribution < -0.4 is 9.47 Å². The number of nitriles is 1. The summed E-state index contributed by atoms with van der Waals surface area (Å²) in [6, 6.07) is 7.81. The zero-order chi connectivity index (χ0) is 16.2. The van der Waals surface area contributed by atoms with Crippen LogP contribution >= 0.6 is 0 Å². The topological polar surface area (TPSA) is 62.6 Å². The molecule has 2 aliphatic rings. The van der Waals surface area contributed by atoms with E-state index >= 15 is 0 Å². The number of carbonyl (C=O) groups excluding carboxylic acids is 1. The Labute approximate surface area is 136 Å². The van der Waals surface area contributed by atoms with Gasteiger partial charge in [0.25, 0.3) is 0 Å². The maximum atomic E-state index is 12.6. The number of carbonyl (C=O) groups is 1. The fourth-order valence-electron chi connectivity index (χ4n) is 3.09. The van der Waals surface area contributed by atoms with Gasteiger partial charge in [0.2, 0.25) is 5.91 Å². The minimum Gasteiger partial charge on any atom is -0.486 e. The van der Waals surface area contributed by atoms with Gasteiger partial charge in [-0.25, -0.2) is 0 Å². The van der Waals surface area contributed by atoms with E-state index in [0.29, 0.717) is 31.3 Å². The number of hydrogen-bond donors (Lipinski definition) is 0. The lowest BCUT2D eigenvalue weighted by molar-refractivity contribution is -0.135. The van der Waals surface area contributed by atoms with Gasteiger partial charge in [-0.3, -0.25) is 4.79 Å². The normalized spacial score (nSPS) is 19.0. The predicted molar refractivity (Wildman–Crippen MR) is 85.2 cm³/mol. The summed E-state index contributed by atoms with van der Waals surface area (Å²) in [6.07, 6.45) is 2.46. The quantitative estimate of drug-likeness (QED) is 0.859. The highest BCUT2D eigenvalue weighted by Gasteiger charge is 2.27. The van der Waals surface area contributed by atoms with Gasteiger partial charge in [0, 0.05) is 13.1 Å². The van der Waals surface area contributed by atoms with Crippen molar-refractivity contribution in [3.8, 4) is 17.6 Å². The molecule has 0 aromatic heterocycles. The van der Waals surface area contributed by atoms with Crippen molar-refractivity contribution in [3.63, 3.8) is 0 Å². The Balaban J connectivity index is 1.67. The van der Waals surface area contributed by atoms with Crippen LogP contribution in [-0.4, -0.2) is 37.1 Å². The van der Waals surface area contributed by atoms with Gasteiger partial charge in [0.15, 0.2) is 11.5 Å². The average molecular weight is 314 g/mol. The second-order valence-corrected chi connectivity index (χ2v) is 6.37. The SMILES string of the molecule is CC1CCN(C(=O)C(C#N)Cc2ccc3c(c2)OCCO3)CC1. The molecule has 122 valence electrons. The van der Waals surface area contributed by atoms with E-state index in [2.05, 4.69) is 13.0 Å². The molecule has 3 rings (SSSR count). The monoisotopic (exact) mass is 314 g/mol. The first-order valence-electron chi connectivity index (χ1n) is 8.24. The van der Waals surface area contributed by atoms with Gasteiger partial charge in [0.1, 0.15) is 19.1 Å². The predicted octanol–water partition coefficient (Wildman–Crippen LogP) is 2.40. The van der Waals surface area contributed by atoms with Crippen LogP contribution in [0.1, 0.15) is 25.3 Å². The summed E-state index contributed by atoms with van der Waals surface area (Å²) in [4.78, 5) is 14.4. The number of piperidine rings is 1. The van der Waals surface area contributed by atoms with Crippen LogP contribution in [0.25, 0.3) is 0 Å². The van der Waals surface area contributed by atoms with Gasteiger partial charge < -0.3 is 14.4 Å². The molecule has 0 aliphatic carbocycles. The van der Waals surface area contributed by atoms with Gasteiger partial charge >= 0.3 is 0 Å². The standard InChI is InChI=1S/C18H22N2O3/c1-13-4-6-20(7-5-13)18(21)15(12-19)10-14-2-3-16-17(11-14)23-9-8-22-16/h2-3,11,13,15H,4-10H2,1H3. The van der Waals surface area contributed by atoms with Crippen LogP contribution in [0.3, 0.4) is 0 Å². The smallest absolute Gasteiger partial charge is 0.240 e. The van der Waals surface area contributed by atoms with E-state index in [1.165, 1.54) is 0 Å². The van der Waals surface area contributed by atoms with Gasteiger partial charge in [-0.15, -0.1) is 0 Å². The maximum absolute atomic E-state index is 12.6. The molecule has 1 saturated heterocycles. The lowest BCUT2D eigenvalue weighted by Gasteiger charge is -2.31. The van der Waals surface area contributed by atoms with E-state index < -0.39 is 5.92 Å². The molecular formula is C18H22N2O3. The van der Waals surface area contributed by atoms with Crippen molar-refractivity contribution in [2.24, 2.45) is 11.8 Å². The van der Waals surface area contributed by atoms with Crippen LogP contribution in [0.5, 0.6) is 11.5 Å². The van der Waals surface area contributed by atoms with E-state index in [9.17, 15) is 10.1 Å². The minimum atomic E-state index is -0.633. The summed E-state index contributed by atoms with van der Waals surface area (Å²) in [5.74, 6) is 1.41. The fraction of sp³-hybridized carbons (Fsp3) is 0.556. The molecule has 0 N–H and O–H groups in total. The number of likely N-dealkylation sites (tertiary alicyclic amines) is 1. The third kappa shape index (κ3) is 3.58. The summed E-state index contributed by atoms with van der Waals surface area (Å²) in [6.45, 7) is 4.82. The Morgan fingerprint density at radius 2 is 2.00 bits per heavy atom. The Morgan fingerprint density at radius 1 is 1.30 bits per heavy atom. The highest BCUT2D eigenvalue weighted by atomic mass is 16.6. The molecule has 0 saturated carbocycles. The lowest BCUT2D eigenvalue weighted by Crippen LogP contribution is -2.41. The molecule has 1 unspecified atom stereocenters. The molecule has 5 heteroatoms. The second kappa shape index (κ2) is 6.91. The zero-order valence-electron chi connectivity index (χ0n) is 13.5. The lowest BCUT2D eigenvalue weighted by atomic mass is 9.95. The number of amides is 1. The number of rotatable bonds is 3. The summed E-state index contributed by atoms with van der Waals surface area (Å²) in [5.41, 5.74) is 0.930. The molecule has 0 radical (unpaired) electrons. The molecule has 0 bridgehead atoms. The Morgan fingerprint density at radius 3 is 2.70 bits per heavy atom. The van der Waals surface area contributed by atoms with Crippen LogP contribution in [0.2, 0.25) is 0 Å². The molecule has 1 atom stereocenters. The molecule has 2 heterocycles. The van der Waals surface area contributed by atoms with E-state index in [1.54, 1.807) is 0 Å². The third-order valence-corrected chi connectivity index (χ3v) is 4.60. The van der Waals surface area contributed by atoms with E-state index in [4.69, 9.17) is 9.47 Å². The Bertz CT molecular complexity index is 615. The van der Waals surface area contributed by atoms with Crippen molar-refractivity contribution >= 4 is 5.91 Å². The molecule has 1 aromatic carbocycles. The third-order valence-electron chi connectivity index (χ3n) is 4.60. The van der Waals surface area contributed by atoms with Crippen molar-refractivity contribution in [3.05, 3.63) is 23.8 Å². The number of hydrogen-bond acceptors (Lipinski definition) is 4. The first kappa shape index (κ1) is 15.7.